The highest BCUT2D eigenvalue weighted by atomic mass is 19.4. The van der Waals surface area contributed by atoms with Gasteiger partial charge in [0.1, 0.15) is 5.56 Å². The maximum atomic E-state index is 13.1. The summed E-state index contributed by atoms with van der Waals surface area (Å²) in [6, 6.07) is 6.74. The molecule has 2 aromatic rings. The van der Waals surface area contributed by atoms with Crippen LogP contribution in [0, 0.1) is 0 Å². The molecule has 130 valence electrons. The number of hydrogen-bond donors (Lipinski definition) is 0. The van der Waals surface area contributed by atoms with Gasteiger partial charge in [-0.15, -0.1) is 0 Å². The third-order valence-electron chi connectivity index (χ3n) is 3.50. The van der Waals surface area contributed by atoms with E-state index < -0.39 is 17.5 Å². The Morgan fingerprint density at radius 2 is 1.92 bits per heavy atom. The standard InChI is InChI=1S/C17H19F3N2O2/c1-4-5-10-24-16-13(15(23)17(18,19)20)14(22(2)3)11-8-6-7-9-12(11)21-16/h6-9H,4-5,10H2,1-3H3. The van der Waals surface area contributed by atoms with Crippen molar-refractivity contribution in [1.82, 2.24) is 4.98 Å². The lowest BCUT2D eigenvalue weighted by Crippen LogP contribution is -2.27. The van der Waals surface area contributed by atoms with E-state index in [1.54, 1.807) is 38.4 Å². The van der Waals surface area contributed by atoms with Gasteiger partial charge in [0.2, 0.25) is 5.88 Å². The van der Waals surface area contributed by atoms with Gasteiger partial charge >= 0.3 is 6.18 Å². The first kappa shape index (κ1) is 18.0. The molecule has 0 aliphatic rings. The number of aromatic nitrogens is 1. The van der Waals surface area contributed by atoms with Crippen molar-refractivity contribution < 1.29 is 22.7 Å². The van der Waals surface area contributed by atoms with Gasteiger partial charge in [-0.05, 0) is 12.5 Å². The summed E-state index contributed by atoms with van der Waals surface area (Å²) in [7, 11) is 3.18. The van der Waals surface area contributed by atoms with Gasteiger partial charge in [0, 0.05) is 19.5 Å². The van der Waals surface area contributed by atoms with Crippen LogP contribution in [0.2, 0.25) is 0 Å². The molecule has 0 aliphatic heterocycles. The zero-order valence-electron chi connectivity index (χ0n) is 13.8. The number of carbonyl (C=O) groups is 1. The molecule has 0 spiro atoms. The van der Waals surface area contributed by atoms with Crippen molar-refractivity contribution in [3.8, 4) is 5.88 Å². The molecule has 0 fully saturated rings. The number of anilines is 1. The van der Waals surface area contributed by atoms with Gasteiger partial charge in [-0.2, -0.15) is 13.2 Å². The summed E-state index contributed by atoms with van der Waals surface area (Å²) in [5, 5.41) is 0.470. The molecule has 0 aliphatic carbocycles. The Hall–Kier alpha value is -2.31. The number of unbranched alkanes of at least 4 members (excludes halogenated alkanes) is 1. The summed E-state index contributed by atoms with van der Waals surface area (Å²) in [4.78, 5) is 17.7. The number of halogens is 3. The van der Waals surface area contributed by atoms with Gasteiger partial charge in [-0.25, -0.2) is 4.98 Å². The van der Waals surface area contributed by atoms with Crippen LogP contribution in [-0.2, 0) is 0 Å². The third-order valence-corrected chi connectivity index (χ3v) is 3.50. The number of rotatable bonds is 6. The van der Waals surface area contributed by atoms with Crippen molar-refractivity contribution in [2.75, 3.05) is 25.6 Å². The molecule has 0 saturated carbocycles. The number of pyridine rings is 1. The second-order valence-corrected chi connectivity index (χ2v) is 5.58. The molecule has 0 saturated heterocycles. The molecule has 2 rings (SSSR count). The lowest BCUT2D eigenvalue weighted by atomic mass is 10.0. The molecule has 0 bridgehead atoms. The Labute approximate surface area is 138 Å². The SMILES string of the molecule is CCCCOc1nc2ccccc2c(N(C)C)c1C(=O)C(F)(F)F. The second-order valence-electron chi connectivity index (χ2n) is 5.58. The molecule has 24 heavy (non-hydrogen) atoms. The lowest BCUT2D eigenvalue weighted by Gasteiger charge is -2.22. The molecule has 4 nitrogen and oxygen atoms in total. The molecule has 0 atom stereocenters. The average Bonchev–Trinajstić information content (AvgIpc) is 2.52. The molecular formula is C17H19F3N2O2. The lowest BCUT2D eigenvalue weighted by molar-refractivity contribution is -0.0886. The van der Waals surface area contributed by atoms with E-state index in [9.17, 15) is 18.0 Å². The van der Waals surface area contributed by atoms with Crippen molar-refractivity contribution in [2.24, 2.45) is 0 Å². The Balaban J connectivity index is 2.74. The minimum atomic E-state index is -5.00. The van der Waals surface area contributed by atoms with Crippen LogP contribution in [0.3, 0.4) is 0 Å². The van der Waals surface area contributed by atoms with Crippen LogP contribution in [0.1, 0.15) is 30.1 Å². The molecule has 7 heteroatoms. The fourth-order valence-electron chi connectivity index (χ4n) is 2.40. The van der Waals surface area contributed by atoms with E-state index in [1.165, 1.54) is 4.90 Å². The number of fused-ring (bicyclic) bond motifs is 1. The zero-order valence-corrected chi connectivity index (χ0v) is 13.8. The van der Waals surface area contributed by atoms with Gasteiger partial charge in [-0.3, -0.25) is 4.79 Å². The molecule has 1 aromatic heterocycles. The summed E-state index contributed by atoms with van der Waals surface area (Å²) in [5.41, 5.74) is 0.100. The normalized spacial score (nSPS) is 11.6. The summed E-state index contributed by atoms with van der Waals surface area (Å²) < 4.78 is 44.7. The van der Waals surface area contributed by atoms with Crippen molar-refractivity contribution in [2.45, 2.75) is 25.9 Å². The van der Waals surface area contributed by atoms with Crippen LogP contribution in [0.15, 0.2) is 24.3 Å². The molecule has 0 amide bonds. The number of carbonyl (C=O) groups excluding carboxylic acids is 1. The average molecular weight is 340 g/mol. The highest BCUT2D eigenvalue weighted by Gasteiger charge is 2.43. The predicted octanol–water partition coefficient (Wildman–Crippen LogP) is 4.22. The van der Waals surface area contributed by atoms with E-state index >= 15 is 0 Å². The highest BCUT2D eigenvalue weighted by molar-refractivity contribution is 6.12. The summed E-state index contributed by atoms with van der Waals surface area (Å²) >= 11 is 0. The number of benzene rings is 1. The van der Waals surface area contributed by atoms with E-state index in [4.69, 9.17) is 4.74 Å². The van der Waals surface area contributed by atoms with Crippen LogP contribution in [0.4, 0.5) is 18.9 Å². The van der Waals surface area contributed by atoms with Gasteiger partial charge < -0.3 is 9.64 Å². The first-order valence-corrected chi connectivity index (χ1v) is 7.61. The minimum Gasteiger partial charge on any atom is -0.477 e. The number of ketones is 1. The summed E-state index contributed by atoms with van der Waals surface area (Å²) in [6.45, 7) is 2.14. The molecule has 1 aromatic carbocycles. The monoisotopic (exact) mass is 340 g/mol. The predicted molar refractivity (Wildman–Crippen MR) is 86.9 cm³/mol. The largest absolute Gasteiger partial charge is 0.477 e. The number of ether oxygens (including phenoxy) is 1. The van der Waals surface area contributed by atoms with E-state index in [-0.39, 0.29) is 18.2 Å². The fourth-order valence-corrected chi connectivity index (χ4v) is 2.40. The Morgan fingerprint density at radius 1 is 1.25 bits per heavy atom. The summed E-state index contributed by atoms with van der Waals surface area (Å²) in [5.74, 6) is -2.22. The number of nitrogens with zero attached hydrogens (tertiary/aromatic N) is 2. The van der Waals surface area contributed by atoms with E-state index in [0.29, 0.717) is 17.3 Å². The maximum absolute atomic E-state index is 13.1. The second kappa shape index (κ2) is 7.07. The fraction of sp³-hybridized carbons (Fsp3) is 0.412. The van der Waals surface area contributed by atoms with Gasteiger partial charge in [0.25, 0.3) is 5.78 Å². The van der Waals surface area contributed by atoms with Crippen molar-refractivity contribution in [3.05, 3.63) is 29.8 Å². The number of hydrogen-bond acceptors (Lipinski definition) is 4. The van der Waals surface area contributed by atoms with Crippen molar-refractivity contribution in [1.29, 1.82) is 0 Å². The Morgan fingerprint density at radius 3 is 2.50 bits per heavy atom. The van der Waals surface area contributed by atoms with Gasteiger partial charge in [0.05, 0.1) is 17.8 Å². The summed E-state index contributed by atoms with van der Waals surface area (Å²) in [6.07, 6.45) is -3.53. The molecule has 0 radical (unpaired) electrons. The van der Waals surface area contributed by atoms with Gasteiger partial charge in [0.15, 0.2) is 0 Å². The van der Waals surface area contributed by atoms with Crippen molar-refractivity contribution in [3.63, 3.8) is 0 Å². The van der Waals surface area contributed by atoms with E-state index in [0.717, 1.165) is 6.42 Å². The van der Waals surface area contributed by atoms with E-state index in [1.807, 2.05) is 6.92 Å². The molecule has 0 N–H and O–H groups in total. The van der Waals surface area contributed by atoms with Crippen LogP contribution in [0.25, 0.3) is 10.9 Å². The van der Waals surface area contributed by atoms with Crippen LogP contribution < -0.4 is 9.64 Å². The van der Waals surface area contributed by atoms with Crippen LogP contribution in [0.5, 0.6) is 5.88 Å². The maximum Gasteiger partial charge on any atom is 0.455 e. The molecule has 0 unspecified atom stereocenters. The first-order chi connectivity index (χ1) is 11.3. The Bertz CT molecular complexity index is 742. The smallest absolute Gasteiger partial charge is 0.455 e. The number of alkyl halides is 3. The topological polar surface area (TPSA) is 42.4 Å². The molecular weight excluding hydrogens is 321 g/mol. The van der Waals surface area contributed by atoms with Crippen LogP contribution >= 0.6 is 0 Å². The van der Waals surface area contributed by atoms with Gasteiger partial charge in [-0.1, -0.05) is 31.5 Å². The number of para-hydroxylation sites is 1. The first-order valence-electron chi connectivity index (χ1n) is 7.61. The third kappa shape index (κ3) is 3.60. The number of Topliss-reactive ketones (excluding diaryl/α,β-unsaturated/α-hetero) is 1. The van der Waals surface area contributed by atoms with E-state index in [2.05, 4.69) is 4.98 Å². The highest BCUT2D eigenvalue weighted by Crippen LogP contribution is 2.38. The van der Waals surface area contributed by atoms with Crippen LogP contribution in [-0.4, -0.2) is 37.6 Å². The zero-order chi connectivity index (χ0) is 17.9. The quantitative estimate of drug-likeness (QED) is 0.583. The molecule has 1 heterocycles. The van der Waals surface area contributed by atoms with Crippen molar-refractivity contribution >= 4 is 22.4 Å². The Kier molecular flexibility index (Phi) is 5.31. The minimum absolute atomic E-state index is 0.162.